The van der Waals surface area contributed by atoms with Gasteiger partial charge in [0.2, 0.25) is 0 Å². The summed E-state index contributed by atoms with van der Waals surface area (Å²) in [7, 11) is 0. The first-order valence-corrected chi connectivity index (χ1v) is 5.96. The van der Waals surface area contributed by atoms with E-state index < -0.39 is 0 Å². The van der Waals surface area contributed by atoms with Crippen molar-refractivity contribution in [3.63, 3.8) is 0 Å². The molecule has 74 valence electrons. The zero-order chi connectivity index (χ0) is 9.81. The number of nitrogens with two attached hydrogens (primary N) is 1. The Labute approximate surface area is 92.8 Å². The predicted octanol–water partition coefficient (Wildman–Crippen LogP) is 3.18. The maximum absolute atomic E-state index is 6.39. The minimum Gasteiger partial charge on any atom is -0.321 e. The lowest BCUT2D eigenvalue weighted by atomic mass is 9.63. The Morgan fingerprint density at radius 2 is 1.93 bits per heavy atom. The van der Waals surface area contributed by atoms with Gasteiger partial charge < -0.3 is 5.73 Å². The molecular formula is C12H14BrN. The third-order valence-electron chi connectivity index (χ3n) is 3.74. The molecule has 1 spiro atoms. The van der Waals surface area contributed by atoms with Gasteiger partial charge in [-0.15, -0.1) is 0 Å². The molecule has 3 rings (SSSR count). The van der Waals surface area contributed by atoms with Crippen molar-refractivity contribution in [2.24, 2.45) is 11.1 Å². The van der Waals surface area contributed by atoms with Crippen LogP contribution >= 0.6 is 15.9 Å². The Kier molecular flexibility index (Phi) is 1.67. The summed E-state index contributed by atoms with van der Waals surface area (Å²) in [6.07, 6.45) is 5.19. The first-order valence-electron chi connectivity index (χ1n) is 5.17. The van der Waals surface area contributed by atoms with Crippen LogP contribution in [0.4, 0.5) is 0 Å². The molecular weight excluding hydrogens is 238 g/mol. The van der Waals surface area contributed by atoms with Crippen molar-refractivity contribution in [1.82, 2.24) is 0 Å². The van der Waals surface area contributed by atoms with Crippen molar-refractivity contribution in [3.05, 3.63) is 34.3 Å². The monoisotopic (exact) mass is 251 g/mol. The molecule has 2 saturated carbocycles. The summed E-state index contributed by atoms with van der Waals surface area (Å²) in [6.45, 7) is 0. The average Bonchev–Trinajstić information content (AvgIpc) is 2.84. The molecule has 1 nitrogen and oxygen atoms in total. The fourth-order valence-electron chi connectivity index (χ4n) is 2.82. The molecule has 14 heavy (non-hydrogen) atoms. The van der Waals surface area contributed by atoms with Crippen LogP contribution in [0.25, 0.3) is 0 Å². The minimum atomic E-state index is -0.0275. The SMILES string of the molecule is NC1(c2cccc(Br)c2)CC2(CC2)C1. The van der Waals surface area contributed by atoms with Crippen LogP contribution < -0.4 is 5.73 Å². The van der Waals surface area contributed by atoms with Gasteiger partial charge in [0.05, 0.1) is 0 Å². The third kappa shape index (κ3) is 1.24. The number of benzene rings is 1. The standard InChI is InChI=1S/C12H14BrN/c13-10-3-1-2-9(6-10)12(14)7-11(8-12)4-5-11/h1-3,6H,4-5,7-8,14H2. The second-order valence-electron chi connectivity index (χ2n) is 5.02. The lowest BCUT2D eigenvalue weighted by Gasteiger charge is -2.46. The van der Waals surface area contributed by atoms with Gasteiger partial charge in [0.15, 0.2) is 0 Å². The number of hydrogen-bond donors (Lipinski definition) is 1. The number of halogens is 1. The Bertz CT molecular complexity index is 374. The van der Waals surface area contributed by atoms with E-state index in [0.29, 0.717) is 5.41 Å². The van der Waals surface area contributed by atoms with Crippen molar-refractivity contribution >= 4 is 15.9 Å². The fraction of sp³-hybridized carbons (Fsp3) is 0.500. The van der Waals surface area contributed by atoms with Crippen LogP contribution in [0.2, 0.25) is 0 Å². The van der Waals surface area contributed by atoms with Gasteiger partial charge in [-0.2, -0.15) is 0 Å². The van der Waals surface area contributed by atoms with Crippen LogP contribution in [0.1, 0.15) is 31.2 Å². The van der Waals surface area contributed by atoms with Gasteiger partial charge in [0.1, 0.15) is 0 Å². The summed E-state index contributed by atoms with van der Waals surface area (Å²) in [4.78, 5) is 0. The maximum atomic E-state index is 6.39. The van der Waals surface area contributed by atoms with Crippen molar-refractivity contribution < 1.29 is 0 Å². The van der Waals surface area contributed by atoms with E-state index in [1.807, 2.05) is 0 Å². The van der Waals surface area contributed by atoms with Gasteiger partial charge in [-0.05, 0) is 48.8 Å². The summed E-state index contributed by atoms with van der Waals surface area (Å²) in [6, 6.07) is 8.44. The first-order chi connectivity index (χ1) is 6.62. The summed E-state index contributed by atoms with van der Waals surface area (Å²) in [5, 5.41) is 0. The largest absolute Gasteiger partial charge is 0.321 e. The van der Waals surface area contributed by atoms with Gasteiger partial charge in [-0.1, -0.05) is 28.1 Å². The first kappa shape index (κ1) is 8.93. The number of rotatable bonds is 1. The zero-order valence-corrected chi connectivity index (χ0v) is 9.68. The molecule has 1 aromatic rings. The van der Waals surface area contributed by atoms with Crippen LogP contribution in [-0.2, 0) is 5.54 Å². The maximum Gasteiger partial charge on any atom is 0.0420 e. The summed E-state index contributed by atoms with van der Waals surface area (Å²) >= 11 is 3.50. The van der Waals surface area contributed by atoms with Crippen LogP contribution in [0.3, 0.4) is 0 Å². The quantitative estimate of drug-likeness (QED) is 0.816. The molecule has 0 amide bonds. The topological polar surface area (TPSA) is 26.0 Å². The van der Waals surface area contributed by atoms with E-state index in [4.69, 9.17) is 5.73 Å². The molecule has 0 atom stereocenters. The van der Waals surface area contributed by atoms with Crippen molar-refractivity contribution in [3.8, 4) is 0 Å². The molecule has 0 unspecified atom stereocenters. The summed E-state index contributed by atoms with van der Waals surface area (Å²) in [5.74, 6) is 0. The van der Waals surface area contributed by atoms with Gasteiger partial charge in [0, 0.05) is 10.0 Å². The van der Waals surface area contributed by atoms with E-state index in [1.54, 1.807) is 0 Å². The average molecular weight is 252 g/mol. The van der Waals surface area contributed by atoms with Crippen molar-refractivity contribution in [2.45, 2.75) is 31.2 Å². The van der Waals surface area contributed by atoms with E-state index in [9.17, 15) is 0 Å². The molecule has 2 heteroatoms. The molecule has 0 heterocycles. The number of hydrogen-bond acceptors (Lipinski definition) is 1. The van der Waals surface area contributed by atoms with Gasteiger partial charge in [-0.3, -0.25) is 0 Å². The Morgan fingerprint density at radius 1 is 1.21 bits per heavy atom. The Hall–Kier alpha value is -0.340. The molecule has 1 aromatic carbocycles. The second-order valence-corrected chi connectivity index (χ2v) is 5.94. The predicted molar refractivity (Wildman–Crippen MR) is 60.9 cm³/mol. The molecule has 0 aromatic heterocycles. The van der Waals surface area contributed by atoms with Crippen molar-refractivity contribution in [2.75, 3.05) is 0 Å². The van der Waals surface area contributed by atoms with Gasteiger partial charge >= 0.3 is 0 Å². The van der Waals surface area contributed by atoms with Crippen molar-refractivity contribution in [1.29, 1.82) is 0 Å². The molecule has 0 bridgehead atoms. The van der Waals surface area contributed by atoms with Crippen LogP contribution in [0.5, 0.6) is 0 Å². The Balaban J connectivity index is 1.88. The lowest BCUT2D eigenvalue weighted by Crippen LogP contribution is -2.50. The molecule has 2 aliphatic rings. The van der Waals surface area contributed by atoms with Crippen LogP contribution in [0, 0.1) is 5.41 Å². The van der Waals surface area contributed by atoms with Crippen LogP contribution in [0.15, 0.2) is 28.7 Å². The highest BCUT2D eigenvalue weighted by molar-refractivity contribution is 9.10. The highest BCUT2D eigenvalue weighted by Gasteiger charge is 2.59. The second kappa shape index (κ2) is 2.61. The summed E-state index contributed by atoms with van der Waals surface area (Å²) in [5.41, 5.74) is 8.32. The van der Waals surface area contributed by atoms with E-state index in [2.05, 4.69) is 40.2 Å². The molecule has 2 fully saturated rings. The van der Waals surface area contributed by atoms with Gasteiger partial charge in [0.25, 0.3) is 0 Å². The minimum absolute atomic E-state index is 0.0275. The zero-order valence-electron chi connectivity index (χ0n) is 8.09. The highest BCUT2D eigenvalue weighted by Crippen LogP contribution is 2.66. The van der Waals surface area contributed by atoms with Crippen LogP contribution in [-0.4, -0.2) is 0 Å². The molecule has 0 radical (unpaired) electrons. The van der Waals surface area contributed by atoms with Gasteiger partial charge in [-0.25, -0.2) is 0 Å². The van der Waals surface area contributed by atoms with E-state index >= 15 is 0 Å². The molecule has 2 aliphatic carbocycles. The van der Waals surface area contributed by atoms with E-state index in [0.717, 1.165) is 4.47 Å². The molecule has 0 saturated heterocycles. The highest BCUT2D eigenvalue weighted by atomic mass is 79.9. The summed E-state index contributed by atoms with van der Waals surface area (Å²) < 4.78 is 1.14. The lowest BCUT2D eigenvalue weighted by molar-refractivity contribution is 0.125. The Morgan fingerprint density at radius 3 is 2.50 bits per heavy atom. The molecule has 2 N–H and O–H groups in total. The normalized spacial score (nSPS) is 25.9. The fourth-order valence-corrected chi connectivity index (χ4v) is 3.22. The van der Waals surface area contributed by atoms with E-state index in [1.165, 1.54) is 31.2 Å². The molecule has 0 aliphatic heterocycles. The van der Waals surface area contributed by atoms with E-state index in [-0.39, 0.29) is 5.54 Å². The smallest absolute Gasteiger partial charge is 0.0420 e. The third-order valence-corrected chi connectivity index (χ3v) is 4.23.